The second-order valence-corrected chi connectivity index (χ2v) is 14.6. The fourth-order valence-corrected chi connectivity index (χ4v) is 7.41. The second kappa shape index (κ2) is 19.4. The molecule has 4 aromatic rings. The Labute approximate surface area is 340 Å². The third-order valence-corrected chi connectivity index (χ3v) is 10.5. The standard InChI is InChI=1S/C42H36F3N5O8S/c1-2-17-54-37(51)15-16-38(52)55-21-30-8-3-5-9-33(30)40(53)58-41(25-50-27-47-26-49-50,34-14-13-31(43)19-36(34)45)42(24-48-42)59-32-22-56-39(57-23-32)10-6-4-7-29-12-11-28(20-46)18-35(29)44/h2-14,18-19,24,26-27,32,39H,1,15-17,21-23,25H2/b7-4+,10-6+/t32?,39?,41-,42+/m0/s1. The van der Waals surface area contributed by atoms with Gasteiger partial charge >= 0.3 is 17.9 Å². The SMILES string of the molecule is C=CCOC(=O)CCC(=O)OCc1ccccc1C(=O)O[C@@](Cn1cncn1)(c1ccc(F)cc1F)[C@]1(SC2COC(/C=C/C=C/c3ccc(C#N)cc3F)OC2)C=N1. The molecule has 0 N–H and O–H groups in total. The summed E-state index contributed by atoms with van der Waals surface area (Å²) in [6.07, 6.45) is 10.6. The van der Waals surface area contributed by atoms with Crippen LogP contribution in [0.5, 0.6) is 0 Å². The molecule has 2 aliphatic rings. The van der Waals surface area contributed by atoms with Crippen LogP contribution in [-0.4, -0.2) is 75.1 Å². The number of hydrogen-bond donors (Lipinski definition) is 0. The topological polar surface area (TPSA) is 164 Å². The highest BCUT2D eigenvalue weighted by Gasteiger charge is 2.64. The minimum atomic E-state index is -2.02. The molecule has 2 atom stereocenters. The van der Waals surface area contributed by atoms with Gasteiger partial charge in [-0.2, -0.15) is 10.4 Å². The van der Waals surface area contributed by atoms with E-state index in [0.717, 1.165) is 12.1 Å². The Morgan fingerprint density at radius 3 is 2.46 bits per heavy atom. The lowest BCUT2D eigenvalue weighted by Crippen LogP contribution is -2.51. The van der Waals surface area contributed by atoms with E-state index in [4.69, 9.17) is 28.9 Å². The molecule has 0 saturated carbocycles. The van der Waals surface area contributed by atoms with Crippen molar-refractivity contribution in [2.75, 3.05) is 19.8 Å². The van der Waals surface area contributed by atoms with E-state index in [2.05, 4.69) is 21.7 Å². The predicted octanol–water partition coefficient (Wildman–Crippen LogP) is 6.40. The van der Waals surface area contributed by atoms with Gasteiger partial charge in [-0.05, 0) is 36.4 Å². The third kappa shape index (κ3) is 10.6. The molecule has 0 unspecified atom stereocenters. The van der Waals surface area contributed by atoms with Gasteiger partial charge in [-0.25, -0.2) is 27.6 Å². The summed E-state index contributed by atoms with van der Waals surface area (Å²) in [7, 11) is 0. The van der Waals surface area contributed by atoms with Gasteiger partial charge in [-0.15, -0.1) is 11.8 Å². The van der Waals surface area contributed by atoms with E-state index in [-0.39, 0.29) is 68.1 Å². The summed E-state index contributed by atoms with van der Waals surface area (Å²) in [6, 6.07) is 15.1. The molecule has 3 heterocycles. The lowest BCUT2D eigenvalue weighted by atomic mass is 9.87. The van der Waals surface area contributed by atoms with Crippen molar-refractivity contribution in [3.05, 3.63) is 149 Å². The molecule has 1 fully saturated rings. The van der Waals surface area contributed by atoms with Gasteiger partial charge in [-0.3, -0.25) is 14.6 Å². The first kappa shape index (κ1) is 42.3. The van der Waals surface area contributed by atoms with Crippen LogP contribution in [0, 0.1) is 28.8 Å². The van der Waals surface area contributed by atoms with Gasteiger partial charge in [0, 0.05) is 29.0 Å². The zero-order valence-corrected chi connectivity index (χ0v) is 32.1. The number of nitrogens with zero attached hydrogens (tertiary/aromatic N) is 5. The van der Waals surface area contributed by atoms with E-state index in [1.165, 1.54) is 71.7 Å². The fourth-order valence-electron chi connectivity index (χ4n) is 6.03. The van der Waals surface area contributed by atoms with Crippen molar-refractivity contribution in [1.82, 2.24) is 14.8 Å². The van der Waals surface area contributed by atoms with Crippen LogP contribution in [0.4, 0.5) is 13.2 Å². The average Bonchev–Trinajstić information content (AvgIpc) is 3.85. The van der Waals surface area contributed by atoms with Gasteiger partial charge in [0.2, 0.25) is 0 Å². The van der Waals surface area contributed by atoms with Crippen LogP contribution >= 0.6 is 11.8 Å². The molecular weight excluding hydrogens is 792 g/mol. The summed E-state index contributed by atoms with van der Waals surface area (Å²) in [5, 5.41) is 12.7. The van der Waals surface area contributed by atoms with Crippen molar-refractivity contribution in [3.63, 3.8) is 0 Å². The maximum atomic E-state index is 16.1. The van der Waals surface area contributed by atoms with Crippen LogP contribution in [-0.2, 0) is 52.0 Å². The molecule has 3 aromatic carbocycles. The van der Waals surface area contributed by atoms with Crippen LogP contribution < -0.4 is 0 Å². The number of carbonyl (C=O) groups is 3. The van der Waals surface area contributed by atoms with Gasteiger partial charge < -0.3 is 23.7 Å². The summed E-state index contributed by atoms with van der Waals surface area (Å²) < 4.78 is 74.6. The third-order valence-electron chi connectivity index (χ3n) is 8.97. The Kier molecular flexibility index (Phi) is 13.9. The molecule has 0 amide bonds. The lowest BCUT2D eigenvalue weighted by Gasteiger charge is -2.41. The number of hydrogen-bond acceptors (Lipinski definition) is 13. The maximum absolute atomic E-state index is 16.1. The molecule has 0 bridgehead atoms. The molecular formula is C42H36F3N5O8S. The van der Waals surface area contributed by atoms with Crippen molar-refractivity contribution in [1.29, 1.82) is 5.26 Å². The van der Waals surface area contributed by atoms with Crippen LogP contribution in [0.3, 0.4) is 0 Å². The number of carbonyl (C=O) groups excluding carboxylic acids is 3. The zero-order valence-electron chi connectivity index (χ0n) is 31.2. The number of aliphatic imine (C=N–C) groups is 1. The normalized spacial score (nSPS) is 19.5. The number of aromatic nitrogens is 3. The number of esters is 3. The van der Waals surface area contributed by atoms with Crippen LogP contribution in [0.1, 0.15) is 45.5 Å². The van der Waals surface area contributed by atoms with Gasteiger partial charge in [0.1, 0.15) is 43.3 Å². The fraction of sp³-hybridized carbons (Fsp3) is 0.262. The molecule has 0 aliphatic carbocycles. The van der Waals surface area contributed by atoms with Crippen LogP contribution in [0.2, 0.25) is 0 Å². The van der Waals surface area contributed by atoms with Crippen molar-refractivity contribution < 1.29 is 51.2 Å². The molecule has 6 rings (SSSR count). The zero-order chi connectivity index (χ0) is 41.8. The molecule has 304 valence electrons. The summed E-state index contributed by atoms with van der Waals surface area (Å²) in [5.41, 5.74) is -1.49. The molecule has 17 heteroatoms. The molecule has 1 saturated heterocycles. The van der Waals surface area contributed by atoms with E-state index in [0.29, 0.717) is 11.6 Å². The highest BCUT2D eigenvalue weighted by atomic mass is 32.2. The van der Waals surface area contributed by atoms with E-state index < -0.39 is 57.4 Å². The Morgan fingerprint density at radius 2 is 1.78 bits per heavy atom. The highest BCUT2D eigenvalue weighted by Crippen LogP contribution is 2.55. The molecule has 1 aromatic heterocycles. The van der Waals surface area contributed by atoms with E-state index in [9.17, 15) is 23.2 Å². The van der Waals surface area contributed by atoms with Gasteiger partial charge in [0.25, 0.3) is 0 Å². The lowest BCUT2D eigenvalue weighted by molar-refractivity contribution is -0.150. The second-order valence-electron chi connectivity index (χ2n) is 13.0. The Balaban J connectivity index is 1.21. The molecule has 0 spiro atoms. The highest BCUT2D eigenvalue weighted by molar-refractivity contribution is 8.02. The Bertz CT molecular complexity index is 2300. The largest absolute Gasteiger partial charge is 0.461 e. The number of allylic oxidation sites excluding steroid dienone is 2. The molecule has 59 heavy (non-hydrogen) atoms. The number of benzene rings is 3. The molecule has 0 radical (unpaired) electrons. The monoisotopic (exact) mass is 827 g/mol. The van der Waals surface area contributed by atoms with E-state index in [1.54, 1.807) is 36.4 Å². The predicted molar refractivity (Wildman–Crippen MR) is 208 cm³/mol. The first-order chi connectivity index (χ1) is 28.5. The summed E-state index contributed by atoms with van der Waals surface area (Å²) in [5.74, 6) is -4.69. The van der Waals surface area contributed by atoms with Gasteiger partial charge in [0.05, 0.1) is 55.0 Å². The van der Waals surface area contributed by atoms with Crippen molar-refractivity contribution in [2.45, 2.75) is 48.0 Å². The number of thioether (sulfide) groups is 1. The summed E-state index contributed by atoms with van der Waals surface area (Å²) in [6.45, 7) is 3.03. The van der Waals surface area contributed by atoms with Crippen LogP contribution in [0.25, 0.3) is 6.08 Å². The number of halogens is 3. The van der Waals surface area contributed by atoms with Crippen molar-refractivity contribution in [3.8, 4) is 6.07 Å². The van der Waals surface area contributed by atoms with E-state index in [1.807, 2.05) is 6.07 Å². The van der Waals surface area contributed by atoms with Gasteiger partial charge in [0.15, 0.2) is 16.8 Å². The minimum absolute atomic E-state index is 0.00123. The number of rotatable bonds is 18. The number of ether oxygens (including phenoxy) is 5. The first-order valence-corrected chi connectivity index (χ1v) is 19.0. The van der Waals surface area contributed by atoms with Crippen molar-refractivity contribution >= 4 is 42.0 Å². The van der Waals surface area contributed by atoms with Gasteiger partial charge in [-0.1, -0.05) is 55.1 Å². The first-order valence-electron chi connectivity index (χ1n) is 18.1. The molecule has 13 nitrogen and oxygen atoms in total. The Hall–Kier alpha value is -6.35. The summed E-state index contributed by atoms with van der Waals surface area (Å²) >= 11 is 1.18. The quantitative estimate of drug-likeness (QED) is 0.0470. The average molecular weight is 828 g/mol. The summed E-state index contributed by atoms with van der Waals surface area (Å²) in [4.78, 5) is 45.8. The van der Waals surface area contributed by atoms with Crippen molar-refractivity contribution in [2.24, 2.45) is 4.99 Å². The van der Waals surface area contributed by atoms with Crippen LogP contribution in [0.15, 0.2) is 109 Å². The molecule has 2 aliphatic heterocycles. The minimum Gasteiger partial charge on any atom is -0.461 e. The Morgan fingerprint density at radius 1 is 1.02 bits per heavy atom. The smallest absolute Gasteiger partial charge is 0.339 e. The van der Waals surface area contributed by atoms with E-state index >= 15 is 4.39 Å². The maximum Gasteiger partial charge on any atom is 0.339 e. The number of nitriles is 1.